The van der Waals surface area contributed by atoms with Gasteiger partial charge < -0.3 is 10.2 Å². The topological polar surface area (TPSA) is 52.7 Å². The van der Waals surface area contributed by atoms with Crippen LogP contribution in [0.4, 0.5) is 0 Å². The van der Waals surface area contributed by atoms with E-state index in [1.807, 2.05) is 11.0 Å². The molecule has 3 aliphatic rings. The van der Waals surface area contributed by atoms with Crippen LogP contribution < -0.4 is 5.32 Å². The normalized spacial score (nSPS) is 28.3. The smallest absolute Gasteiger partial charge is 0.241 e. The van der Waals surface area contributed by atoms with Gasteiger partial charge in [-0.25, -0.2) is 0 Å². The van der Waals surface area contributed by atoms with Crippen molar-refractivity contribution in [3.05, 3.63) is 35.9 Å². The molecule has 0 unspecified atom stereocenters. The fourth-order valence-corrected chi connectivity index (χ4v) is 5.14. The maximum absolute atomic E-state index is 13.1. The zero-order chi connectivity index (χ0) is 18.0. The molecule has 26 heavy (non-hydrogen) atoms. The molecule has 2 heterocycles. The Morgan fingerprint density at radius 1 is 1.12 bits per heavy atom. The Balaban J connectivity index is 1.37. The number of carbonyl (C=O) groups is 2. The average molecular weight is 355 g/mol. The molecule has 2 aliphatic heterocycles. The van der Waals surface area contributed by atoms with E-state index in [0.29, 0.717) is 5.92 Å². The molecular formula is C21H29N3O2. The van der Waals surface area contributed by atoms with Crippen molar-refractivity contribution in [2.75, 3.05) is 32.7 Å². The number of hydrogen-bond donors (Lipinski definition) is 1. The van der Waals surface area contributed by atoms with Gasteiger partial charge in [-0.3, -0.25) is 14.5 Å². The molecule has 5 nitrogen and oxygen atoms in total. The molecule has 0 radical (unpaired) electrons. The summed E-state index contributed by atoms with van der Waals surface area (Å²) >= 11 is 0. The maximum Gasteiger partial charge on any atom is 0.241 e. The Labute approximate surface area is 155 Å². The van der Waals surface area contributed by atoms with Crippen LogP contribution >= 0.6 is 0 Å². The molecule has 0 bridgehead atoms. The minimum Gasteiger partial charge on any atom is -0.346 e. The second kappa shape index (κ2) is 7.39. The van der Waals surface area contributed by atoms with Crippen molar-refractivity contribution in [1.82, 2.24) is 15.1 Å². The predicted molar refractivity (Wildman–Crippen MR) is 100 cm³/mol. The van der Waals surface area contributed by atoms with E-state index in [1.54, 1.807) is 0 Å². The number of hydrogen-bond acceptors (Lipinski definition) is 3. The molecule has 1 aromatic carbocycles. The fraction of sp³-hybridized carbons (Fsp3) is 0.619. The average Bonchev–Trinajstić information content (AvgIpc) is 3.36. The summed E-state index contributed by atoms with van der Waals surface area (Å²) < 4.78 is 0. The van der Waals surface area contributed by atoms with Crippen molar-refractivity contribution in [3.8, 4) is 0 Å². The van der Waals surface area contributed by atoms with Gasteiger partial charge in [0.25, 0.3) is 0 Å². The third-order valence-electron chi connectivity index (χ3n) is 6.50. The second-order valence-electron chi connectivity index (χ2n) is 8.17. The SMILES string of the molecule is O=C(CNC(=O)[C@@]12CCC[C@@H]1CN(Cc1ccccc1)C2)N1CCCC1. The third kappa shape index (κ3) is 3.37. The molecule has 0 spiro atoms. The van der Waals surface area contributed by atoms with Crippen molar-refractivity contribution >= 4 is 11.8 Å². The summed E-state index contributed by atoms with van der Waals surface area (Å²) in [6.45, 7) is 4.55. The second-order valence-corrected chi connectivity index (χ2v) is 8.17. The lowest BCUT2D eigenvalue weighted by Gasteiger charge is -2.28. The molecule has 3 fully saturated rings. The summed E-state index contributed by atoms with van der Waals surface area (Å²) in [6.07, 6.45) is 5.36. The van der Waals surface area contributed by atoms with Crippen LogP contribution in [0, 0.1) is 11.3 Å². The molecule has 1 N–H and O–H groups in total. The highest BCUT2D eigenvalue weighted by atomic mass is 16.2. The number of amides is 2. The van der Waals surface area contributed by atoms with E-state index in [4.69, 9.17) is 0 Å². The largest absolute Gasteiger partial charge is 0.346 e. The van der Waals surface area contributed by atoms with Crippen LogP contribution in [0.5, 0.6) is 0 Å². The van der Waals surface area contributed by atoms with Gasteiger partial charge in [-0.05, 0) is 37.2 Å². The number of fused-ring (bicyclic) bond motifs is 1. The van der Waals surface area contributed by atoms with Gasteiger partial charge in [-0.1, -0.05) is 36.8 Å². The van der Waals surface area contributed by atoms with Crippen molar-refractivity contribution in [2.45, 2.75) is 38.6 Å². The lowest BCUT2D eigenvalue weighted by atomic mass is 9.80. The van der Waals surface area contributed by atoms with Gasteiger partial charge in [0.1, 0.15) is 0 Å². The van der Waals surface area contributed by atoms with Crippen molar-refractivity contribution in [2.24, 2.45) is 11.3 Å². The number of carbonyl (C=O) groups excluding carboxylic acids is 2. The van der Waals surface area contributed by atoms with Gasteiger partial charge in [0, 0.05) is 32.7 Å². The first kappa shape index (κ1) is 17.5. The summed E-state index contributed by atoms with van der Waals surface area (Å²) in [5.74, 6) is 0.595. The van der Waals surface area contributed by atoms with Gasteiger partial charge in [-0.15, -0.1) is 0 Å². The molecule has 140 valence electrons. The van der Waals surface area contributed by atoms with Crippen LogP contribution in [0.1, 0.15) is 37.7 Å². The van der Waals surface area contributed by atoms with E-state index in [0.717, 1.165) is 64.8 Å². The van der Waals surface area contributed by atoms with E-state index < -0.39 is 0 Å². The molecule has 2 amide bonds. The lowest BCUT2D eigenvalue weighted by molar-refractivity contribution is -0.136. The van der Waals surface area contributed by atoms with Crippen LogP contribution in [0.25, 0.3) is 0 Å². The van der Waals surface area contributed by atoms with E-state index >= 15 is 0 Å². The van der Waals surface area contributed by atoms with Crippen LogP contribution in [0.15, 0.2) is 30.3 Å². The highest BCUT2D eigenvalue weighted by Gasteiger charge is 2.54. The van der Waals surface area contributed by atoms with Crippen LogP contribution in [-0.2, 0) is 16.1 Å². The molecule has 1 aliphatic carbocycles. The number of benzene rings is 1. The monoisotopic (exact) mass is 355 g/mol. The quantitative estimate of drug-likeness (QED) is 0.879. The van der Waals surface area contributed by atoms with Crippen molar-refractivity contribution in [1.29, 1.82) is 0 Å². The predicted octanol–water partition coefficient (Wildman–Crippen LogP) is 2.03. The Morgan fingerprint density at radius 3 is 2.65 bits per heavy atom. The van der Waals surface area contributed by atoms with Gasteiger partial charge in [0.2, 0.25) is 11.8 Å². The Bertz CT molecular complexity index is 656. The van der Waals surface area contributed by atoms with Crippen molar-refractivity contribution < 1.29 is 9.59 Å². The van der Waals surface area contributed by atoms with E-state index in [1.165, 1.54) is 5.56 Å². The molecule has 1 aromatic rings. The zero-order valence-electron chi connectivity index (χ0n) is 15.5. The fourth-order valence-electron chi connectivity index (χ4n) is 5.14. The summed E-state index contributed by atoms with van der Waals surface area (Å²) in [5.41, 5.74) is 1.01. The highest BCUT2D eigenvalue weighted by molar-refractivity contribution is 5.88. The minimum atomic E-state index is -0.292. The molecular weight excluding hydrogens is 326 g/mol. The van der Waals surface area contributed by atoms with Gasteiger partial charge >= 0.3 is 0 Å². The summed E-state index contributed by atoms with van der Waals surface area (Å²) in [6, 6.07) is 10.5. The molecule has 2 atom stereocenters. The van der Waals surface area contributed by atoms with E-state index in [-0.39, 0.29) is 23.8 Å². The molecule has 1 saturated carbocycles. The molecule has 0 aromatic heterocycles. The van der Waals surface area contributed by atoms with E-state index in [9.17, 15) is 9.59 Å². The molecule has 2 saturated heterocycles. The number of rotatable bonds is 5. The number of likely N-dealkylation sites (tertiary alicyclic amines) is 2. The van der Waals surface area contributed by atoms with Crippen LogP contribution in [-0.4, -0.2) is 54.3 Å². The Morgan fingerprint density at radius 2 is 1.88 bits per heavy atom. The van der Waals surface area contributed by atoms with Gasteiger partial charge in [0.15, 0.2) is 0 Å². The molecule has 5 heteroatoms. The first-order valence-corrected chi connectivity index (χ1v) is 10.00. The summed E-state index contributed by atoms with van der Waals surface area (Å²) in [4.78, 5) is 29.6. The lowest BCUT2D eigenvalue weighted by Crippen LogP contribution is -2.47. The maximum atomic E-state index is 13.1. The van der Waals surface area contributed by atoms with Crippen LogP contribution in [0.3, 0.4) is 0 Å². The highest BCUT2D eigenvalue weighted by Crippen LogP contribution is 2.49. The van der Waals surface area contributed by atoms with Crippen molar-refractivity contribution in [3.63, 3.8) is 0 Å². The Kier molecular flexibility index (Phi) is 4.98. The van der Waals surface area contributed by atoms with E-state index in [2.05, 4.69) is 34.5 Å². The zero-order valence-corrected chi connectivity index (χ0v) is 15.5. The van der Waals surface area contributed by atoms with Gasteiger partial charge in [0.05, 0.1) is 12.0 Å². The third-order valence-corrected chi connectivity index (χ3v) is 6.50. The summed E-state index contributed by atoms with van der Waals surface area (Å²) in [5, 5.41) is 2.99. The first-order chi connectivity index (χ1) is 12.7. The van der Waals surface area contributed by atoms with Crippen LogP contribution in [0.2, 0.25) is 0 Å². The minimum absolute atomic E-state index is 0.0703. The molecule has 4 rings (SSSR count). The standard InChI is InChI=1S/C21H29N3O2/c25-19(24-11-4-5-12-24)13-22-20(26)21-10-6-9-18(21)15-23(16-21)14-17-7-2-1-3-8-17/h1-3,7-8,18H,4-6,9-16H2,(H,22,26)/t18-,21-/m1/s1. The number of nitrogens with zero attached hydrogens (tertiary/aromatic N) is 2. The number of nitrogens with one attached hydrogen (secondary N) is 1. The van der Waals surface area contributed by atoms with Gasteiger partial charge in [-0.2, -0.15) is 0 Å². The first-order valence-electron chi connectivity index (χ1n) is 10.00. The Hall–Kier alpha value is -1.88. The summed E-state index contributed by atoms with van der Waals surface area (Å²) in [7, 11) is 0.